The highest BCUT2D eigenvalue weighted by Gasteiger charge is 2.32. The van der Waals surface area contributed by atoms with Crippen LogP contribution in [-0.2, 0) is 15.0 Å². The Balaban J connectivity index is 2.83. The molecule has 0 aromatic heterocycles. The van der Waals surface area contributed by atoms with E-state index in [1.165, 1.54) is 4.90 Å². The van der Waals surface area contributed by atoms with Crippen molar-refractivity contribution in [2.75, 3.05) is 13.6 Å². The number of carboxylic acid groups (broad SMARTS) is 1. The SMILES string of the molecule is CN(CCC(=O)O)C(=O)C(C)(C)c1ccc(Cl)cc1. The third-order valence-electron chi connectivity index (χ3n) is 3.11. The molecule has 0 saturated heterocycles. The smallest absolute Gasteiger partial charge is 0.305 e. The first-order chi connectivity index (χ1) is 8.75. The summed E-state index contributed by atoms with van der Waals surface area (Å²) in [7, 11) is 1.61. The highest BCUT2D eigenvalue weighted by atomic mass is 35.5. The third-order valence-corrected chi connectivity index (χ3v) is 3.36. The molecule has 19 heavy (non-hydrogen) atoms. The minimum atomic E-state index is -0.913. The molecule has 0 atom stereocenters. The van der Waals surface area contributed by atoms with Crippen LogP contribution < -0.4 is 0 Å². The van der Waals surface area contributed by atoms with Crippen LogP contribution in [-0.4, -0.2) is 35.5 Å². The predicted molar refractivity (Wildman–Crippen MR) is 74.4 cm³/mol. The van der Waals surface area contributed by atoms with Crippen molar-refractivity contribution in [3.63, 3.8) is 0 Å². The van der Waals surface area contributed by atoms with Crippen molar-refractivity contribution in [2.45, 2.75) is 25.7 Å². The maximum absolute atomic E-state index is 12.4. The van der Waals surface area contributed by atoms with Crippen LogP contribution in [0.4, 0.5) is 0 Å². The van der Waals surface area contributed by atoms with Gasteiger partial charge in [-0.25, -0.2) is 0 Å². The standard InChI is InChI=1S/C14H18ClNO3/c1-14(2,10-4-6-11(15)7-5-10)13(19)16(3)9-8-12(17)18/h4-7H,8-9H2,1-3H3,(H,17,18). The predicted octanol–water partition coefficient (Wildman–Crippen LogP) is 2.55. The van der Waals surface area contributed by atoms with Gasteiger partial charge in [-0.15, -0.1) is 0 Å². The Morgan fingerprint density at radius 2 is 1.79 bits per heavy atom. The van der Waals surface area contributed by atoms with Crippen LogP contribution in [0.1, 0.15) is 25.8 Å². The summed E-state index contributed by atoms with van der Waals surface area (Å²) in [6, 6.07) is 7.10. The summed E-state index contributed by atoms with van der Waals surface area (Å²) in [5, 5.41) is 9.26. The van der Waals surface area contributed by atoms with Crippen molar-refractivity contribution in [3.05, 3.63) is 34.9 Å². The molecule has 0 aliphatic heterocycles. The van der Waals surface area contributed by atoms with Gasteiger partial charge in [0, 0.05) is 18.6 Å². The van der Waals surface area contributed by atoms with Crippen LogP contribution in [0.2, 0.25) is 5.02 Å². The van der Waals surface area contributed by atoms with E-state index in [2.05, 4.69) is 0 Å². The fourth-order valence-corrected chi connectivity index (χ4v) is 1.96. The number of aliphatic carboxylic acids is 1. The van der Waals surface area contributed by atoms with Crippen molar-refractivity contribution in [1.82, 2.24) is 4.90 Å². The van der Waals surface area contributed by atoms with E-state index in [1.54, 1.807) is 19.2 Å². The molecule has 0 aliphatic rings. The van der Waals surface area contributed by atoms with Crippen LogP contribution in [0.25, 0.3) is 0 Å². The van der Waals surface area contributed by atoms with Gasteiger partial charge in [0.25, 0.3) is 0 Å². The molecule has 0 bridgehead atoms. The van der Waals surface area contributed by atoms with Gasteiger partial charge in [0.05, 0.1) is 11.8 Å². The van der Waals surface area contributed by atoms with E-state index in [4.69, 9.17) is 16.7 Å². The summed E-state index contributed by atoms with van der Waals surface area (Å²) in [4.78, 5) is 24.3. The average Bonchev–Trinajstić information content (AvgIpc) is 2.35. The van der Waals surface area contributed by atoms with Gasteiger partial charge in [0.15, 0.2) is 0 Å². The zero-order chi connectivity index (χ0) is 14.6. The quantitative estimate of drug-likeness (QED) is 0.903. The van der Waals surface area contributed by atoms with Crippen molar-refractivity contribution >= 4 is 23.5 Å². The van der Waals surface area contributed by atoms with E-state index in [9.17, 15) is 9.59 Å². The second-order valence-electron chi connectivity index (χ2n) is 5.00. The van der Waals surface area contributed by atoms with Gasteiger partial charge in [0.2, 0.25) is 5.91 Å². The normalized spacial score (nSPS) is 11.2. The molecule has 0 radical (unpaired) electrons. The second kappa shape index (κ2) is 6.06. The summed E-state index contributed by atoms with van der Waals surface area (Å²) in [6.07, 6.45) is -0.0566. The molecule has 1 N–H and O–H groups in total. The molecule has 0 unspecified atom stereocenters. The topological polar surface area (TPSA) is 57.6 Å². The maximum Gasteiger partial charge on any atom is 0.305 e. The number of nitrogens with zero attached hydrogens (tertiary/aromatic N) is 1. The van der Waals surface area contributed by atoms with Gasteiger partial charge < -0.3 is 10.0 Å². The van der Waals surface area contributed by atoms with Gasteiger partial charge >= 0.3 is 5.97 Å². The van der Waals surface area contributed by atoms with Crippen LogP contribution >= 0.6 is 11.6 Å². The first-order valence-corrected chi connectivity index (χ1v) is 6.36. The molecule has 104 valence electrons. The van der Waals surface area contributed by atoms with Crippen LogP contribution in [0, 0.1) is 0 Å². The monoisotopic (exact) mass is 283 g/mol. The molecule has 0 spiro atoms. The summed E-state index contributed by atoms with van der Waals surface area (Å²) in [6.45, 7) is 3.83. The Morgan fingerprint density at radius 1 is 1.26 bits per heavy atom. The summed E-state index contributed by atoms with van der Waals surface area (Å²) in [5.74, 6) is -1.03. The van der Waals surface area contributed by atoms with Gasteiger partial charge in [-0.05, 0) is 31.5 Å². The lowest BCUT2D eigenvalue weighted by atomic mass is 9.83. The number of amides is 1. The highest BCUT2D eigenvalue weighted by Crippen LogP contribution is 2.26. The van der Waals surface area contributed by atoms with Crippen LogP contribution in [0.5, 0.6) is 0 Å². The largest absolute Gasteiger partial charge is 0.481 e. The number of halogens is 1. The number of hydrogen-bond donors (Lipinski definition) is 1. The summed E-state index contributed by atoms with van der Waals surface area (Å²) in [5.41, 5.74) is 0.141. The number of hydrogen-bond acceptors (Lipinski definition) is 2. The zero-order valence-corrected chi connectivity index (χ0v) is 12.1. The number of benzene rings is 1. The maximum atomic E-state index is 12.4. The molecule has 5 heteroatoms. The lowest BCUT2D eigenvalue weighted by Gasteiger charge is -2.29. The molecule has 1 rings (SSSR count). The Morgan fingerprint density at radius 3 is 2.26 bits per heavy atom. The van der Waals surface area contributed by atoms with Gasteiger partial charge in [0.1, 0.15) is 0 Å². The van der Waals surface area contributed by atoms with E-state index < -0.39 is 11.4 Å². The van der Waals surface area contributed by atoms with Crippen molar-refractivity contribution in [2.24, 2.45) is 0 Å². The molecule has 1 amide bonds. The lowest BCUT2D eigenvalue weighted by molar-refractivity contribution is -0.139. The van der Waals surface area contributed by atoms with E-state index in [-0.39, 0.29) is 18.9 Å². The van der Waals surface area contributed by atoms with Gasteiger partial charge in [-0.3, -0.25) is 9.59 Å². The van der Waals surface area contributed by atoms with E-state index in [0.29, 0.717) is 5.02 Å². The molecule has 0 heterocycles. The van der Waals surface area contributed by atoms with Crippen LogP contribution in [0.15, 0.2) is 24.3 Å². The number of rotatable bonds is 5. The molecule has 0 aliphatic carbocycles. The fourth-order valence-electron chi connectivity index (χ4n) is 1.83. The first kappa shape index (κ1) is 15.5. The molecule has 0 fully saturated rings. The van der Waals surface area contributed by atoms with Gasteiger partial charge in [-0.1, -0.05) is 23.7 Å². The summed E-state index contributed by atoms with van der Waals surface area (Å²) < 4.78 is 0. The Labute approximate surface area is 118 Å². The minimum absolute atomic E-state index is 0.0566. The van der Waals surface area contributed by atoms with Crippen molar-refractivity contribution in [3.8, 4) is 0 Å². The number of likely N-dealkylation sites (N-methyl/N-ethyl adjacent to an activating group) is 1. The van der Waals surface area contributed by atoms with Gasteiger partial charge in [-0.2, -0.15) is 0 Å². The highest BCUT2D eigenvalue weighted by molar-refractivity contribution is 6.30. The number of carbonyl (C=O) groups is 2. The molecule has 4 nitrogen and oxygen atoms in total. The molecule has 1 aromatic carbocycles. The van der Waals surface area contributed by atoms with E-state index >= 15 is 0 Å². The van der Waals surface area contributed by atoms with Crippen molar-refractivity contribution in [1.29, 1.82) is 0 Å². The fraction of sp³-hybridized carbons (Fsp3) is 0.429. The first-order valence-electron chi connectivity index (χ1n) is 5.98. The van der Waals surface area contributed by atoms with E-state index in [0.717, 1.165) is 5.56 Å². The Hall–Kier alpha value is -1.55. The molecular formula is C14H18ClNO3. The second-order valence-corrected chi connectivity index (χ2v) is 5.44. The minimum Gasteiger partial charge on any atom is -0.481 e. The van der Waals surface area contributed by atoms with Crippen LogP contribution in [0.3, 0.4) is 0 Å². The summed E-state index contributed by atoms with van der Waals surface area (Å²) >= 11 is 5.83. The number of carboxylic acids is 1. The third kappa shape index (κ3) is 3.96. The Bertz CT molecular complexity index is 468. The van der Waals surface area contributed by atoms with Crippen molar-refractivity contribution < 1.29 is 14.7 Å². The molecule has 0 saturated carbocycles. The average molecular weight is 284 g/mol. The zero-order valence-electron chi connectivity index (χ0n) is 11.3. The Kier molecular flexibility index (Phi) is 4.95. The lowest BCUT2D eigenvalue weighted by Crippen LogP contribution is -2.42. The molecular weight excluding hydrogens is 266 g/mol. The number of carbonyl (C=O) groups excluding carboxylic acids is 1. The molecule has 1 aromatic rings. The van der Waals surface area contributed by atoms with E-state index in [1.807, 2.05) is 26.0 Å².